The molecule has 4 nitrogen and oxygen atoms in total. The molecule has 1 N–H and O–H groups in total. The van der Waals surface area contributed by atoms with Crippen molar-refractivity contribution in [1.29, 1.82) is 0 Å². The van der Waals surface area contributed by atoms with Crippen LogP contribution in [0.3, 0.4) is 0 Å². The predicted octanol–water partition coefficient (Wildman–Crippen LogP) is 3.29. The minimum absolute atomic E-state index is 0.0663. The van der Waals surface area contributed by atoms with E-state index in [2.05, 4.69) is 11.8 Å². The molecule has 0 aliphatic rings. The van der Waals surface area contributed by atoms with Gasteiger partial charge in [0.05, 0.1) is 5.56 Å². The van der Waals surface area contributed by atoms with Crippen LogP contribution in [-0.4, -0.2) is 17.0 Å². The fourth-order valence-corrected chi connectivity index (χ4v) is 1.98. The molecule has 2 aromatic carbocycles. The van der Waals surface area contributed by atoms with Crippen molar-refractivity contribution in [3.05, 3.63) is 65.2 Å². The van der Waals surface area contributed by atoms with Gasteiger partial charge in [0, 0.05) is 12.0 Å². The zero-order chi connectivity index (χ0) is 16.7. The van der Waals surface area contributed by atoms with Gasteiger partial charge in [0.2, 0.25) is 0 Å². The number of esters is 1. The number of benzene rings is 2. The number of hydrogen-bond acceptors (Lipinski definition) is 3. The minimum Gasteiger partial charge on any atom is -0.481 e. The van der Waals surface area contributed by atoms with Crippen LogP contribution in [0.5, 0.6) is 5.75 Å². The maximum atomic E-state index is 12.1. The zero-order valence-electron chi connectivity index (χ0n) is 12.7. The molecule has 116 valence electrons. The van der Waals surface area contributed by atoms with Crippen LogP contribution in [0.15, 0.2) is 48.5 Å². The summed E-state index contributed by atoms with van der Waals surface area (Å²) < 4.78 is 5.29. The van der Waals surface area contributed by atoms with Crippen molar-refractivity contribution in [2.75, 3.05) is 0 Å². The molecule has 0 unspecified atom stereocenters. The predicted molar refractivity (Wildman–Crippen MR) is 86.4 cm³/mol. The summed E-state index contributed by atoms with van der Waals surface area (Å²) >= 11 is 0. The first kappa shape index (κ1) is 16.3. The van der Waals surface area contributed by atoms with Crippen LogP contribution in [0.2, 0.25) is 0 Å². The number of aliphatic carboxylic acids is 1. The van der Waals surface area contributed by atoms with Crippen LogP contribution in [-0.2, 0) is 11.2 Å². The Bertz CT molecular complexity index is 747. The van der Waals surface area contributed by atoms with Crippen LogP contribution >= 0.6 is 0 Å². The van der Waals surface area contributed by atoms with Crippen LogP contribution < -0.4 is 4.74 Å². The summed E-state index contributed by atoms with van der Waals surface area (Å²) in [6.07, 6.45) is 0.501. The monoisotopic (exact) mass is 308 g/mol. The van der Waals surface area contributed by atoms with Gasteiger partial charge in [-0.1, -0.05) is 18.1 Å². The Hall–Kier alpha value is -3.06. The van der Waals surface area contributed by atoms with Crippen molar-refractivity contribution >= 4 is 11.9 Å². The van der Waals surface area contributed by atoms with Gasteiger partial charge in [-0.05, 0) is 55.3 Å². The number of carboxylic acids is 1. The molecule has 0 bridgehead atoms. The number of rotatable bonds is 5. The van der Waals surface area contributed by atoms with E-state index in [1.807, 2.05) is 0 Å². The van der Waals surface area contributed by atoms with Crippen molar-refractivity contribution < 1.29 is 19.4 Å². The van der Waals surface area contributed by atoms with E-state index in [-0.39, 0.29) is 6.42 Å². The molecule has 0 fully saturated rings. The minimum atomic E-state index is -0.843. The van der Waals surface area contributed by atoms with Gasteiger partial charge in [-0.15, -0.1) is 5.92 Å². The summed E-state index contributed by atoms with van der Waals surface area (Å²) in [4.78, 5) is 22.6. The van der Waals surface area contributed by atoms with Gasteiger partial charge in [-0.3, -0.25) is 4.79 Å². The SMILES string of the molecule is CC#Cc1ccc(OC(=O)c2ccc(CCC(=O)O)cc2)cc1. The highest BCUT2D eigenvalue weighted by atomic mass is 16.5. The van der Waals surface area contributed by atoms with E-state index in [1.165, 1.54) is 0 Å². The molecule has 2 rings (SSSR count). The number of aryl methyl sites for hydroxylation is 1. The Morgan fingerprint density at radius 2 is 1.70 bits per heavy atom. The van der Waals surface area contributed by atoms with Crippen molar-refractivity contribution in [3.8, 4) is 17.6 Å². The molecule has 0 aromatic heterocycles. The normalized spacial score (nSPS) is 9.61. The molecule has 0 saturated carbocycles. The molecular formula is C19H16O4. The van der Waals surface area contributed by atoms with Crippen molar-refractivity contribution in [2.24, 2.45) is 0 Å². The Morgan fingerprint density at radius 3 is 2.26 bits per heavy atom. The second-order valence-corrected chi connectivity index (χ2v) is 4.88. The largest absolute Gasteiger partial charge is 0.481 e. The van der Waals surface area contributed by atoms with Crippen LogP contribution in [0.25, 0.3) is 0 Å². The summed E-state index contributed by atoms with van der Waals surface area (Å²) in [7, 11) is 0. The first-order chi connectivity index (χ1) is 11.1. The van der Waals surface area contributed by atoms with Gasteiger partial charge in [0.1, 0.15) is 5.75 Å². The van der Waals surface area contributed by atoms with Crippen molar-refractivity contribution in [3.63, 3.8) is 0 Å². The van der Waals surface area contributed by atoms with E-state index in [0.717, 1.165) is 11.1 Å². The third kappa shape index (κ3) is 5.01. The number of ether oxygens (including phenoxy) is 1. The standard InChI is InChI=1S/C19H16O4/c1-2-3-14-6-11-17(12-7-14)23-19(22)16-9-4-15(5-10-16)8-13-18(20)21/h4-7,9-12H,8,13H2,1H3,(H,20,21). The fourth-order valence-electron chi connectivity index (χ4n) is 1.98. The molecule has 0 amide bonds. The third-order valence-corrected chi connectivity index (χ3v) is 3.15. The van der Waals surface area contributed by atoms with Gasteiger partial charge in [-0.2, -0.15) is 0 Å². The van der Waals surface area contributed by atoms with E-state index >= 15 is 0 Å². The Labute approximate surface area is 134 Å². The molecule has 0 radical (unpaired) electrons. The van der Waals surface area contributed by atoms with Gasteiger partial charge in [0.25, 0.3) is 0 Å². The lowest BCUT2D eigenvalue weighted by Crippen LogP contribution is -2.08. The molecule has 0 saturated heterocycles. The summed E-state index contributed by atoms with van der Waals surface area (Å²) in [5.41, 5.74) is 2.14. The smallest absolute Gasteiger partial charge is 0.343 e. The van der Waals surface area contributed by atoms with Crippen LogP contribution in [0.4, 0.5) is 0 Å². The number of hydrogen-bond donors (Lipinski definition) is 1. The maximum Gasteiger partial charge on any atom is 0.343 e. The van der Waals surface area contributed by atoms with Gasteiger partial charge >= 0.3 is 11.9 Å². The highest BCUT2D eigenvalue weighted by molar-refractivity contribution is 5.91. The van der Waals surface area contributed by atoms with Crippen molar-refractivity contribution in [1.82, 2.24) is 0 Å². The summed E-state index contributed by atoms with van der Waals surface area (Å²) in [5.74, 6) is 4.86. The summed E-state index contributed by atoms with van der Waals surface area (Å²) in [6.45, 7) is 1.76. The lowest BCUT2D eigenvalue weighted by atomic mass is 10.1. The molecule has 4 heteroatoms. The average molecular weight is 308 g/mol. The lowest BCUT2D eigenvalue weighted by Gasteiger charge is -2.05. The summed E-state index contributed by atoms with van der Waals surface area (Å²) in [5, 5.41) is 8.65. The Balaban J connectivity index is 1.99. The first-order valence-corrected chi connectivity index (χ1v) is 7.14. The van der Waals surface area contributed by atoms with Gasteiger partial charge in [-0.25, -0.2) is 4.79 Å². The van der Waals surface area contributed by atoms with Crippen molar-refractivity contribution in [2.45, 2.75) is 19.8 Å². The van der Waals surface area contributed by atoms with Crippen LogP contribution in [0, 0.1) is 11.8 Å². The Morgan fingerprint density at radius 1 is 1.04 bits per heavy atom. The molecule has 0 aliphatic carbocycles. The third-order valence-electron chi connectivity index (χ3n) is 3.15. The van der Waals surface area contributed by atoms with Gasteiger partial charge < -0.3 is 9.84 Å². The zero-order valence-corrected chi connectivity index (χ0v) is 12.7. The highest BCUT2D eigenvalue weighted by Crippen LogP contribution is 2.15. The highest BCUT2D eigenvalue weighted by Gasteiger charge is 2.09. The van der Waals surface area contributed by atoms with E-state index in [0.29, 0.717) is 17.7 Å². The number of carboxylic acid groups (broad SMARTS) is 1. The van der Waals surface area contributed by atoms with E-state index in [4.69, 9.17) is 9.84 Å². The van der Waals surface area contributed by atoms with E-state index < -0.39 is 11.9 Å². The molecule has 2 aromatic rings. The first-order valence-electron chi connectivity index (χ1n) is 7.14. The van der Waals surface area contributed by atoms with E-state index in [1.54, 1.807) is 55.5 Å². The number of carbonyl (C=O) groups is 2. The van der Waals surface area contributed by atoms with Gasteiger partial charge in [0.15, 0.2) is 0 Å². The quantitative estimate of drug-likeness (QED) is 0.523. The van der Waals surface area contributed by atoms with E-state index in [9.17, 15) is 9.59 Å². The Kier molecular flexibility index (Phi) is 5.54. The average Bonchev–Trinajstić information content (AvgIpc) is 2.55. The number of carbonyl (C=O) groups excluding carboxylic acids is 1. The molecule has 23 heavy (non-hydrogen) atoms. The molecular weight excluding hydrogens is 292 g/mol. The molecule has 0 atom stereocenters. The molecule has 0 heterocycles. The second-order valence-electron chi connectivity index (χ2n) is 4.88. The lowest BCUT2D eigenvalue weighted by molar-refractivity contribution is -0.136. The molecule has 0 spiro atoms. The maximum absolute atomic E-state index is 12.1. The fraction of sp³-hybridized carbons (Fsp3) is 0.158. The summed E-state index contributed by atoms with van der Waals surface area (Å²) in [6, 6.07) is 13.7. The van der Waals surface area contributed by atoms with Crippen LogP contribution in [0.1, 0.15) is 34.8 Å². The topological polar surface area (TPSA) is 63.6 Å². The molecule has 0 aliphatic heterocycles. The second kappa shape index (κ2) is 7.81.